The number of thiazole rings is 1. The maximum Gasteiger partial charge on any atom is 0.312 e. The number of ether oxygens (including phenoxy) is 1. The summed E-state index contributed by atoms with van der Waals surface area (Å²) in [5.41, 5.74) is 0.675. The largest absolute Gasteiger partial charge is 0.452 e. The van der Waals surface area contributed by atoms with Gasteiger partial charge >= 0.3 is 5.97 Å². The number of aryl methyl sites for hydroxylation is 1. The fourth-order valence-corrected chi connectivity index (χ4v) is 2.92. The maximum absolute atomic E-state index is 11.8. The number of carbonyl (C=O) groups is 2. The second-order valence-corrected chi connectivity index (χ2v) is 6.56. The Hall–Kier alpha value is -1.73. The molecule has 2 aromatic rings. The van der Waals surface area contributed by atoms with E-state index in [-0.39, 0.29) is 12.3 Å². The Bertz CT molecular complexity index is 608. The van der Waals surface area contributed by atoms with Crippen molar-refractivity contribution in [1.29, 1.82) is 0 Å². The van der Waals surface area contributed by atoms with E-state index in [1.165, 1.54) is 11.3 Å². The van der Waals surface area contributed by atoms with E-state index < -0.39 is 12.1 Å². The molecule has 0 fully saturated rings. The molecule has 1 amide bonds. The second-order valence-electron chi connectivity index (χ2n) is 4.46. The molecule has 0 aliphatic rings. The Kier molecular flexibility index (Phi) is 5.46. The molecule has 112 valence electrons. The number of nitrogens with one attached hydrogen (secondary N) is 1. The molecule has 0 aromatic carbocycles. The number of carbonyl (C=O) groups excluding carboxylic acids is 2. The molecule has 0 bridgehead atoms. The Morgan fingerprint density at radius 3 is 2.86 bits per heavy atom. The van der Waals surface area contributed by atoms with Crippen LogP contribution in [0.5, 0.6) is 0 Å². The summed E-state index contributed by atoms with van der Waals surface area (Å²) < 4.78 is 5.11. The van der Waals surface area contributed by atoms with Gasteiger partial charge in [0.05, 0.1) is 23.7 Å². The molecule has 2 heterocycles. The van der Waals surface area contributed by atoms with Gasteiger partial charge in [-0.3, -0.25) is 9.59 Å². The van der Waals surface area contributed by atoms with Crippen molar-refractivity contribution in [2.75, 3.05) is 0 Å². The van der Waals surface area contributed by atoms with Crippen LogP contribution in [0, 0.1) is 6.92 Å². The first-order chi connectivity index (χ1) is 10.0. The number of esters is 1. The van der Waals surface area contributed by atoms with Crippen LogP contribution in [0.25, 0.3) is 0 Å². The average Bonchev–Trinajstić information content (AvgIpc) is 3.07. The summed E-state index contributed by atoms with van der Waals surface area (Å²) in [7, 11) is 0. The van der Waals surface area contributed by atoms with Crippen molar-refractivity contribution >= 4 is 34.6 Å². The van der Waals surface area contributed by atoms with Gasteiger partial charge in [-0.15, -0.1) is 22.7 Å². The Labute approximate surface area is 131 Å². The average molecular weight is 324 g/mol. The predicted molar refractivity (Wildman–Crippen MR) is 82.3 cm³/mol. The lowest BCUT2D eigenvalue weighted by Crippen LogP contribution is -2.35. The number of aromatic nitrogens is 1. The normalized spacial score (nSPS) is 11.9. The third-order valence-electron chi connectivity index (χ3n) is 2.69. The van der Waals surface area contributed by atoms with Crippen LogP contribution in [0.3, 0.4) is 0 Å². The van der Waals surface area contributed by atoms with Gasteiger partial charge in [0, 0.05) is 10.3 Å². The van der Waals surface area contributed by atoms with E-state index in [1.807, 2.05) is 29.8 Å². The van der Waals surface area contributed by atoms with Gasteiger partial charge in [-0.05, 0) is 25.3 Å². The molecular formula is C14H16N2O3S2. The van der Waals surface area contributed by atoms with Gasteiger partial charge in [0.2, 0.25) is 0 Å². The molecule has 5 nitrogen and oxygen atoms in total. The highest BCUT2D eigenvalue weighted by Gasteiger charge is 2.18. The molecule has 0 saturated heterocycles. The third-order valence-corrected chi connectivity index (χ3v) is 4.39. The number of hydrogen-bond donors (Lipinski definition) is 1. The first kappa shape index (κ1) is 15.7. The summed E-state index contributed by atoms with van der Waals surface area (Å²) >= 11 is 3.05. The fraction of sp³-hybridized carbons (Fsp3) is 0.357. The molecular weight excluding hydrogens is 308 g/mol. The van der Waals surface area contributed by atoms with E-state index in [9.17, 15) is 9.59 Å². The predicted octanol–water partition coefficient (Wildman–Crippen LogP) is 2.30. The van der Waals surface area contributed by atoms with Crippen molar-refractivity contribution in [3.05, 3.63) is 38.5 Å². The Balaban J connectivity index is 1.75. The van der Waals surface area contributed by atoms with E-state index in [1.54, 1.807) is 18.3 Å². The molecule has 0 saturated carbocycles. The van der Waals surface area contributed by atoms with Crippen LogP contribution in [0.2, 0.25) is 0 Å². The van der Waals surface area contributed by atoms with Gasteiger partial charge in [0.25, 0.3) is 5.91 Å². The van der Waals surface area contributed by atoms with Gasteiger partial charge in [-0.2, -0.15) is 0 Å². The van der Waals surface area contributed by atoms with Crippen LogP contribution in [-0.2, 0) is 27.3 Å². The molecule has 0 radical (unpaired) electrons. The van der Waals surface area contributed by atoms with Crippen molar-refractivity contribution in [3.63, 3.8) is 0 Å². The van der Waals surface area contributed by atoms with E-state index in [2.05, 4.69) is 10.3 Å². The van der Waals surface area contributed by atoms with Crippen LogP contribution in [0.1, 0.15) is 22.5 Å². The quantitative estimate of drug-likeness (QED) is 0.828. The first-order valence-electron chi connectivity index (χ1n) is 6.45. The van der Waals surface area contributed by atoms with Crippen molar-refractivity contribution in [3.8, 4) is 0 Å². The fourth-order valence-electron chi connectivity index (χ4n) is 1.66. The highest BCUT2D eigenvalue weighted by Crippen LogP contribution is 2.10. The summed E-state index contributed by atoms with van der Waals surface area (Å²) in [6.45, 7) is 3.89. The molecule has 1 N–H and O–H groups in total. The molecule has 2 aromatic heterocycles. The van der Waals surface area contributed by atoms with Gasteiger partial charge in [-0.25, -0.2) is 4.98 Å². The van der Waals surface area contributed by atoms with Crippen LogP contribution < -0.4 is 5.32 Å². The zero-order valence-electron chi connectivity index (χ0n) is 11.8. The van der Waals surface area contributed by atoms with E-state index in [4.69, 9.17) is 4.74 Å². The minimum absolute atomic E-state index is 0.0902. The summed E-state index contributed by atoms with van der Waals surface area (Å²) in [6, 6.07) is 3.86. The molecule has 0 aliphatic heterocycles. The van der Waals surface area contributed by atoms with Crippen molar-refractivity contribution in [1.82, 2.24) is 10.3 Å². The van der Waals surface area contributed by atoms with Crippen LogP contribution in [0.4, 0.5) is 0 Å². The van der Waals surface area contributed by atoms with Gasteiger partial charge in [0.1, 0.15) is 0 Å². The second kappa shape index (κ2) is 7.33. The summed E-state index contributed by atoms with van der Waals surface area (Å²) in [5, 5.41) is 7.40. The molecule has 21 heavy (non-hydrogen) atoms. The van der Waals surface area contributed by atoms with Gasteiger partial charge in [-0.1, -0.05) is 6.07 Å². The zero-order chi connectivity index (χ0) is 15.2. The van der Waals surface area contributed by atoms with Crippen molar-refractivity contribution < 1.29 is 14.3 Å². The summed E-state index contributed by atoms with van der Waals surface area (Å²) in [5.74, 6) is -0.745. The monoisotopic (exact) mass is 324 g/mol. The summed E-state index contributed by atoms with van der Waals surface area (Å²) in [6.07, 6.45) is -0.718. The highest BCUT2D eigenvalue weighted by atomic mass is 32.1. The van der Waals surface area contributed by atoms with E-state index >= 15 is 0 Å². The van der Waals surface area contributed by atoms with Crippen molar-refractivity contribution in [2.45, 2.75) is 32.9 Å². The molecule has 0 spiro atoms. The van der Waals surface area contributed by atoms with Gasteiger partial charge in [0.15, 0.2) is 6.10 Å². The maximum atomic E-state index is 11.8. The minimum Gasteiger partial charge on any atom is -0.452 e. The summed E-state index contributed by atoms with van der Waals surface area (Å²) in [4.78, 5) is 28.8. The number of hydrogen-bond acceptors (Lipinski definition) is 6. The zero-order valence-corrected chi connectivity index (χ0v) is 13.4. The van der Waals surface area contributed by atoms with E-state index in [0.717, 1.165) is 9.88 Å². The molecule has 1 atom stereocenters. The number of amides is 1. The lowest BCUT2D eigenvalue weighted by atomic mass is 10.3. The molecule has 1 unspecified atom stereocenters. The standard InChI is InChI=1S/C14H16N2O3S2/c1-9(14(18)15-7-12-4-3-5-20-12)19-13(17)6-11-8-21-10(2)16-11/h3-5,8-9H,6-7H2,1-2H3,(H,15,18). The number of thiophene rings is 1. The van der Waals surface area contributed by atoms with E-state index in [0.29, 0.717) is 12.2 Å². The molecule has 2 rings (SSSR count). The lowest BCUT2D eigenvalue weighted by molar-refractivity contribution is -0.154. The SMILES string of the molecule is Cc1nc(CC(=O)OC(C)C(=O)NCc2cccs2)cs1. The Morgan fingerprint density at radius 2 is 2.24 bits per heavy atom. The van der Waals surface area contributed by atoms with Crippen LogP contribution in [0.15, 0.2) is 22.9 Å². The van der Waals surface area contributed by atoms with Crippen LogP contribution in [-0.4, -0.2) is 23.0 Å². The minimum atomic E-state index is -0.808. The van der Waals surface area contributed by atoms with Gasteiger partial charge < -0.3 is 10.1 Å². The third kappa shape index (κ3) is 4.95. The van der Waals surface area contributed by atoms with Crippen LogP contribution >= 0.6 is 22.7 Å². The smallest absolute Gasteiger partial charge is 0.312 e. The topological polar surface area (TPSA) is 68.3 Å². The Morgan fingerprint density at radius 1 is 1.43 bits per heavy atom. The van der Waals surface area contributed by atoms with Crippen molar-refractivity contribution in [2.24, 2.45) is 0 Å². The molecule has 7 heteroatoms. The highest BCUT2D eigenvalue weighted by molar-refractivity contribution is 7.10. The lowest BCUT2D eigenvalue weighted by Gasteiger charge is -2.12. The first-order valence-corrected chi connectivity index (χ1v) is 8.21. The molecule has 0 aliphatic carbocycles. The number of rotatable bonds is 6. The number of nitrogens with zero attached hydrogens (tertiary/aromatic N) is 1.